The predicted molar refractivity (Wildman–Crippen MR) is 108 cm³/mol. The van der Waals surface area contributed by atoms with Crippen LogP contribution >= 0.6 is 0 Å². The van der Waals surface area contributed by atoms with Crippen molar-refractivity contribution in [3.05, 3.63) is 29.6 Å². The summed E-state index contributed by atoms with van der Waals surface area (Å²) in [7, 11) is 3.69. The van der Waals surface area contributed by atoms with Crippen LogP contribution in [0.2, 0.25) is 0 Å². The summed E-state index contributed by atoms with van der Waals surface area (Å²) in [5.74, 6) is 0.613. The Bertz CT molecular complexity index is 580. The van der Waals surface area contributed by atoms with E-state index in [0.717, 1.165) is 44.0 Å². The highest BCUT2D eigenvalue weighted by Crippen LogP contribution is 2.18. The van der Waals surface area contributed by atoms with Crippen LogP contribution in [0.5, 0.6) is 0 Å². The second kappa shape index (κ2) is 10.4. The van der Waals surface area contributed by atoms with Crippen molar-refractivity contribution in [3.8, 4) is 0 Å². The van der Waals surface area contributed by atoms with Crippen LogP contribution in [-0.4, -0.2) is 57.2 Å². The number of piperidine rings is 1. The molecule has 1 aromatic rings. The highest BCUT2D eigenvalue weighted by molar-refractivity contribution is 5.80. The summed E-state index contributed by atoms with van der Waals surface area (Å²) in [5.41, 5.74) is 1.48. The van der Waals surface area contributed by atoms with Crippen molar-refractivity contribution in [1.82, 2.24) is 15.5 Å². The van der Waals surface area contributed by atoms with E-state index in [0.29, 0.717) is 18.3 Å². The van der Waals surface area contributed by atoms with Gasteiger partial charge in [0.1, 0.15) is 5.82 Å². The van der Waals surface area contributed by atoms with Crippen molar-refractivity contribution >= 4 is 11.6 Å². The fourth-order valence-electron chi connectivity index (χ4n) is 3.31. The van der Waals surface area contributed by atoms with Gasteiger partial charge >= 0.3 is 0 Å². The SMILES string of the molecule is CCCN1CCC(NC(=NCc2ccc(N(C)C)c(F)c2)NCC)CC1. The molecule has 2 N–H and O–H groups in total. The molecule has 146 valence electrons. The fraction of sp³-hybridized carbons (Fsp3) is 0.650. The monoisotopic (exact) mass is 363 g/mol. The third kappa shape index (κ3) is 6.16. The van der Waals surface area contributed by atoms with E-state index in [1.165, 1.54) is 13.0 Å². The van der Waals surface area contributed by atoms with Crippen LogP contribution < -0.4 is 15.5 Å². The van der Waals surface area contributed by atoms with Gasteiger partial charge in [0.05, 0.1) is 12.2 Å². The molecule has 0 atom stereocenters. The molecule has 2 rings (SSSR count). The van der Waals surface area contributed by atoms with Crippen LogP contribution in [0, 0.1) is 5.82 Å². The molecule has 26 heavy (non-hydrogen) atoms. The lowest BCUT2D eigenvalue weighted by molar-refractivity contribution is 0.206. The van der Waals surface area contributed by atoms with Crippen LogP contribution in [0.4, 0.5) is 10.1 Å². The first-order valence-electron chi connectivity index (χ1n) is 9.76. The third-order valence-electron chi connectivity index (χ3n) is 4.73. The van der Waals surface area contributed by atoms with Crippen LogP contribution in [-0.2, 0) is 6.54 Å². The number of rotatable bonds is 7. The first-order valence-corrected chi connectivity index (χ1v) is 9.76. The second-order valence-electron chi connectivity index (χ2n) is 7.14. The molecule has 5 nitrogen and oxygen atoms in total. The first kappa shape index (κ1) is 20.5. The lowest BCUT2D eigenvalue weighted by atomic mass is 10.1. The zero-order valence-electron chi connectivity index (χ0n) is 16.7. The quantitative estimate of drug-likeness (QED) is 0.577. The minimum atomic E-state index is -0.205. The highest BCUT2D eigenvalue weighted by Gasteiger charge is 2.19. The summed E-state index contributed by atoms with van der Waals surface area (Å²) in [6.45, 7) is 9.05. The number of halogens is 1. The summed E-state index contributed by atoms with van der Waals surface area (Å²) < 4.78 is 14.1. The van der Waals surface area contributed by atoms with E-state index >= 15 is 0 Å². The summed E-state index contributed by atoms with van der Waals surface area (Å²) in [4.78, 5) is 8.95. The van der Waals surface area contributed by atoms with Gasteiger partial charge in [0, 0.05) is 39.8 Å². The molecule has 0 spiro atoms. The Morgan fingerprint density at radius 3 is 2.58 bits per heavy atom. The number of guanidine groups is 1. The Balaban J connectivity index is 1.93. The number of nitrogens with one attached hydrogen (secondary N) is 2. The van der Waals surface area contributed by atoms with E-state index in [4.69, 9.17) is 0 Å². The molecule has 1 aliphatic heterocycles. The molecule has 0 aromatic heterocycles. The average Bonchev–Trinajstić information content (AvgIpc) is 2.61. The van der Waals surface area contributed by atoms with Gasteiger partial charge in [0.2, 0.25) is 0 Å². The Labute approximate surface area is 157 Å². The molecule has 1 aromatic carbocycles. The van der Waals surface area contributed by atoms with Crippen molar-refractivity contribution in [2.45, 2.75) is 45.7 Å². The predicted octanol–water partition coefficient (Wildman–Crippen LogP) is 2.82. The van der Waals surface area contributed by atoms with Crippen molar-refractivity contribution in [2.24, 2.45) is 4.99 Å². The number of aliphatic imine (C=N–C) groups is 1. The number of likely N-dealkylation sites (tertiary alicyclic amines) is 1. The van der Waals surface area contributed by atoms with E-state index in [9.17, 15) is 4.39 Å². The Morgan fingerprint density at radius 2 is 2.00 bits per heavy atom. The van der Waals surface area contributed by atoms with Crippen molar-refractivity contribution in [3.63, 3.8) is 0 Å². The molecule has 6 heteroatoms. The lowest BCUT2D eigenvalue weighted by Crippen LogP contribution is -2.48. The fourth-order valence-corrected chi connectivity index (χ4v) is 3.31. The molecule has 1 fully saturated rings. The molecular weight excluding hydrogens is 329 g/mol. The van der Waals surface area contributed by atoms with Crippen LogP contribution in [0.25, 0.3) is 0 Å². The molecule has 0 bridgehead atoms. The highest BCUT2D eigenvalue weighted by atomic mass is 19.1. The minimum Gasteiger partial charge on any atom is -0.375 e. The molecule has 0 aliphatic carbocycles. The van der Waals surface area contributed by atoms with E-state index in [1.807, 2.05) is 26.2 Å². The molecule has 1 aliphatic rings. The molecule has 0 amide bonds. The normalized spacial score (nSPS) is 16.6. The zero-order chi connectivity index (χ0) is 18.9. The average molecular weight is 364 g/mol. The maximum Gasteiger partial charge on any atom is 0.191 e. The van der Waals surface area contributed by atoms with Gasteiger partial charge in [-0.15, -0.1) is 0 Å². The van der Waals surface area contributed by atoms with Gasteiger partial charge < -0.3 is 20.4 Å². The van der Waals surface area contributed by atoms with Gasteiger partial charge in [-0.05, 0) is 50.4 Å². The smallest absolute Gasteiger partial charge is 0.191 e. The number of anilines is 1. The maximum atomic E-state index is 14.1. The standard InChI is InChI=1S/C20H34FN5/c1-5-11-26-12-9-17(10-13-26)24-20(22-6-2)23-15-16-7-8-19(25(3)4)18(21)14-16/h7-8,14,17H,5-6,9-13,15H2,1-4H3,(H2,22,23,24). The van der Waals surface area contributed by atoms with Crippen LogP contribution in [0.15, 0.2) is 23.2 Å². The van der Waals surface area contributed by atoms with Gasteiger partial charge in [-0.25, -0.2) is 9.38 Å². The second-order valence-corrected chi connectivity index (χ2v) is 7.14. The van der Waals surface area contributed by atoms with Crippen LogP contribution in [0.1, 0.15) is 38.7 Å². The van der Waals surface area contributed by atoms with E-state index < -0.39 is 0 Å². The van der Waals surface area contributed by atoms with Gasteiger partial charge in [-0.1, -0.05) is 13.0 Å². The molecule has 0 unspecified atom stereocenters. The maximum absolute atomic E-state index is 14.1. The Morgan fingerprint density at radius 1 is 1.27 bits per heavy atom. The van der Waals surface area contributed by atoms with Gasteiger partial charge in [-0.2, -0.15) is 0 Å². The summed E-state index contributed by atoms with van der Waals surface area (Å²) >= 11 is 0. The van der Waals surface area contributed by atoms with Gasteiger partial charge in [0.15, 0.2) is 5.96 Å². The molecule has 1 saturated heterocycles. The van der Waals surface area contributed by atoms with E-state index in [-0.39, 0.29) is 5.82 Å². The van der Waals surface area contributed by atoms with Crippen molar-refractivity contribution in [1.29, 1.82) is 0 Å². The topological polar surface area (TPSA) is 42.9 Å². The largest absolute Gasteiger partial charge is 0.375 e. The molecule has 1 heterocycles. The molecule has 0 saturated carbocycles. The van der Waals surface area contributed by atoms with E-state index in [1.54, 1.807) is 11.0 Å². The van der Waals surface area contributed by atoms with Gasteiger partial charge in [-0.3, -0.25) is 0 Å². The summed E-state index contributed by atoms with van der Waals surface area (Å²) in [5, 5.41) is 6.85. The molecule has 0 radical (unpaired) electrons. The third-order valence-corrected chi connectivity index (χ3v) is 4.73. The number of hydrogen-bond donors (Lipinski definition) is 2. The van der Waals surface area contributed by atoms with Crippen LogP contribution in [0.3, 0.4) is 0 Å². The first-order chi connectivity index (χ1) is 12.5. The molecular formula is C20H34FN5. The lowest BCUT2D eigenvalue weighted by Gasteiger charge is -2.32. The number of benzene rings is 1. The van der Waals surface area contributed by atoms with Gasteiger partial charge in [0.25, 0.3) is 0 Å². The minimum absolute atomic E-state index is 0.205. The van der Waals surface area contributed by atoms with Crippen molar-refractivity contribution in [2.75, 3.05) is 45.2 Å². The summed E-state index contributed by atoms with van der Waals surface area (Å²) in [6, 6.07) is 5.78. The Hall–Kier alpha value is -1.82. The number of nitrogens with zero attached hydrogens (tertiary/aromatic N) is 3. The Kier molecular flexibility index (Phi) is 8.16. The number of hydrogen-bond acceptors (Lipinski definition) is 3. The summed E-state index contributed by atoms with van der Waals surface area (Å²) in [6.07, 6.45) is 3.48. The zero-order valence-corrected chi connectivity index (χ0v) is 16.7. The van der Waals surface area contributed by atoms with Crippen molar-refractivity contribution < 1.29 is 4.39 Å². The van der Waals surface area contributed by atoms with E-state index in [2.05, 4.69) is 34.4 Å².